The Bertz CT molecular complexity index is 664. The Kier molecular flexibility index (Phi) is 7.99. The summed E-state index contributed by atoms with van der Waals surface area (Å²) in [5.41, 5.74) is 0. The van der Waals surface area contributed by atoms with Crippen molar-refractivity contribution in [1.82, 2.24) is 20.1 Å². The van der Waals surface area contributed by atoms with Crippen molar-refractivity contribution in [2.24, 2.45) is 0 Å². The Morgan fingerprint density at radius 1 is 1.26 bits per heavy atom. The van der Waals surface area contributed by atoms with Crippen LogP contribution in [-0.4, -0.2) is 78.1 Å². The molecule has 2 N–H and O–H groups in total. The summed E-state index contributed by atoms with van der Waals surface area (Å²) in [6.07, 6.45) is 2.24. The molecule has 0 saturated carbocycles. The van der Waals surface area contributed by atoms with Crippen LogP contribution < -0.4 is 10.6 Å². The number of esters is 1. The molecule has 10 heteroatoms. The van der Waals surface area contributed by atoms with Crippen LogP contribution in [-0.2, 0) is 9.53 Å². The van der Waals surface area contributed by atoms with Gasteiger partial charge in [-0.05, 0) is 27.2 Å². The minimum atomic E-state index is -0.493. The van der Waals surface area contributed by atoms with E-state index in [1.54, 1.807) is 11.8 Å². The van der Waals surface area contributed by atoms with Crippen LogP contribution in [0.5, 0.6) is 0 Å². The van der Waals surface area contributed by atoms with Crippen LogP contribution in [0.3, 0.4) is 0 Å². The number of aromatic nitrogens is 1. The van der Waals surface area contributed by atoms with Crippen molar-refractivity contribution in [2.75, 3.05) is 44.6 Å². The maximum absolute atomic E-state index is 12.5. The van der Waals surface area contributed by atoms with Crippen LogP contribution in [0.4, 0.5) is 9.80 Å². The average Bonchev–Trinajstić information content (AvgIpc) is 2.93. The number of hydrogen-bond donors (Lipinski definition) is 2. The molecule has 2 rings (SSSR count). The van der Waals surface area contributed by atoms with Gasteiger partial charge in [-0.15, -0.1) is 0 Å². The molecule has 0 bridgehead atoms. The Labute approximate surface area is 163 Å². The molecule has 0 radical (unpaired) electrons. The number of urea groups is 1. The second-order valence-corrected chi connectivity index (χ2v) is 7.55. The molecule has 0 spiro atoms. The predicted molar refractivity (Wildman–Crippen MR) is 103 cm³/mol. The summed E-state index contributed by atoms with van der Waals surface area (Å²) in [5, 5.41) is 6.37. The van der Waals surface area contributed by atoms with Gasteiger partial charge in [0, 0.05) is 32.2 Å². The number of nitrogens with one attached hydrogen (secondary N) is 2. The zero-order valence-corrected chi connectivity index (χ0v) is 16.8. The lowest BCUT2D eigenvalue weighted by atomic mass is 10.3. The first kappa shape index (κ1) is 21.1. The van der Waals surface area contributed by atoms with Gasteiger partial charge in [-0.25, -0.2) is 14.6 Å². The summed E-state index contributed by atoms with van der Waals surface area (Å²) in [6, 6.07) is -0.117. The maximum Gasteiger partial charge on any atom is 0.367 e. The van der Waals surface area contributed by atoms with Crippen LogP contribution in [0.15, 0.2) is 6.20 Å². The number of nitrogens with zero attached hydrogens (tertiary/aromatic N) is 3. The van der Waals surface area contributed by atoms with Gasteiger partial charge in [-0.1, -0.05) is 11.3 Å². The molecule has 1 fully saturated rings. The molecular weight excluding hydrogens is 370 g/mol. The normalized spacial score (nSPS) is 15.3. The largest absolute Gasteiger partial charge is 0.461 e. The molecule has 150 valence electrons. The second kappa shape index (κ2) is 10.2. The lowest BCUT2D eigenvalue weighted by molar-refractivity contribution is -0.122. The van der Waals surface area contributed by atoms with Crippen molar-refractivity contribution >= 4 is 34.2 Å². The SMILES string of the molecule is CCOC(=O)c1ncc(NC(=O)N2CCCN(CC(=O)NC(C)C)CC2)s1. The quantitative estimate of drug-likeness (QED) is 0.703. The van der Waals surface area contributed by atoms with Gasteiger partial charge in [0.2, 0.25) is 10.9 Å². The van der Waals surface area contributed by atoms with Crippen LogP contribution in [0.1, 0.15) is 37.0 Å². The topological polar surface area (TPSA) is 104 Å². The monoisotopic (exact) mass is 397 g/mol. The van der Waals surface area contributed by atoms with Crippen LogP contribution in [0.25, 0.3) is 0 Å². The summed E-state index contributed by atoms with van der Waals surface area (Å²) in [4.78, 5) is 43.8. The Morgan fingerprint density at radius 2 is 2.04 bits per heavy atom. The summed E-state index contributed by atoms with van der Waals surface area (Å²) in [5.74, 6) is -0.493. The van der Waals surface area contributed by atoms with E-state index in [0.29, 0.717) is 31.2 Å². The van der Waals surface area contributed by atoms with Gasteiger partial charge in [0.25, 0.3) is 0 Å². The molecule has 2 heterocycles. The van der Waals surface area contributed by atoms with Crippen molar-refractivity contribution in [2.45, 2.75) is 33.2 Å². The third kappa shape index (κ3) is 6.79. The Hall–Kier alpha value is -2.20. The standard InChI is InChI=1S/C17H27N5O4S/c1-4-26-16(24)15-18-10-14(27-15)20-17(25)22-7-5-6-21(8-9-22)11-13(23)19-12(2)3/h10,12H,4-9,11H2,1-3H3,(H,19,23)(H,20,25). The Morgan fingerprint density at radius 3 is 2.74 bits per heavy atom. The zero-order valence-electron chi connectivity index (χ0n) is 16.0. The van der Waals surface area contributed by atoms with Crippen LogP contribution in [0, 0.1) is 0 Å². The van der Waals surface area contributed by atoms with E-state index in [4.69, 9.17) is 4.74 Å². The first-order chi connectivity index (χ1) is 12.9. The third-order valence-electron chi connectivity index (χ3n) is 3.88. The van der Waals surface area contributed by atoms with Gasteiger partial charge in [-0.2, -0.15) is 0 Å². The maximum atomic E-state index is 12.5. The first-order valence-corrected chi connectivity index (χ1v) is 9.91. The molecule has 3 amide bonds. The second-order valence-electron chi connectivity index (χ2n) is 6.52. The number of carbonyl (C=O) groups excluding carboxylic acids is 3. The number of anilines is 1. The van der Waals surface area contributed by atoms with E-state index in [-0.39, 0.29) is 29.6 Å². The van der Waals surface area contributed by atoms with Crippen molar-refractivity contribution in [3.05, 3.63) is 11.2 Å². The molecule has 0 aliphatic carbocycles. The van der Waals surface area contributed by atoms with E-state index in [9.17, 15) is 14.4 Å². The highest BCUT2D eigenvalue weighted by atomic mass is 32.1. The first-order valence-electron chi connectivity index (χ1n) is 9.09. The van der Waals surface area contributed by atoms with Crippen molar-refractivity contribution in [1.29, 1.82) is 0 Å². The number of amides is 3. The minimum absolute atomic E-state index is 0.000874. The molecule has 9 nitrogen and oxygen atoms in total. The average molecular weight is 398 g/mol. The van der Waals surface area contributed by atoms with Gasteiger partial charge in [0.1, 0.15) is 5.00 Å². The van der Waals surface area contributed by atoms with Gasteiger partial charge in [0.05, 0.1) is 19.3 Å². The fourth-order valence-electron chi connectivity index (χ4n) is 2.71. The van der Waals surface area contributed by atoms with E-state index in [1.165, 1.54) is 6.20 Å². The molecule has 1 saturated heterocycles. The molecule has 0 unspecified atom stereocenters. The molecule has 0 aromatic carbocycles. The smallest absolute Gasteiger partial charge is 0.367 e. The number of thiazole rings is 1. The number of rotatable bonds is 6. The van der Waals surface area contributed by atoms with Gasteiger partial charge in [0.15, 0.2) is 0 Å². The number of carbonyl (C=O) groups is 3. The summed E-state index contributed by atoms with van der Waals surface area (Å²) < 4.78 is 4.89. The van der Waals surface area contributed by atoms with E-state index in [1.807, 2.05) is 13.8 Å². The minimum Gasteiger partial charge on any atom is -0.461 e. The van der Waals surface area contributed by atoms with Crippen molar-refractivity contribution in [3.63, 3.8) is 0 Å². The van der Waals surface area contributed by atoms with Gasteiger partial charge < -0.3 is 15.0 Å². The lowest BCUT2D eigenvalue weighted by Gasteiger charge is -2.22. The van der Waals surface area contributed by atoms with Crippen molar-refractivity contribution < 1.29 is 19.1 Å². The van der Waals surface area contributed by atoms with Crippen molar-refractivity contribution in [3.8, 4) is 0 Å². The highest BCUT2D eigenvalue weighted by Crippen LogP contribution is 2.20. The fourth-order valence-corrected chi connectivity index (χ4v) is 3.41. The highest BCUT2D eigenvalue weighted by molar-refractivity contribution is 7.17. The van der Waals surface area contributed by atoms with Crippen LogP contribution >= 0.6 is 11.3 Å². The predicted octanol–water partition coefficient (Wildman–Crippen LogP) is 1.38. The molecular formula is C17H27N5O4S. The van der Waals surface area contributed by atoms with Gasteiger partial charge >= 0.3 is 12.0 Å². The summed E-state index contributed by atoms with van der Waals surface area (Å²) in [6.45, 7) is 8.74. The molecule has 0 atom stereocenters. The molecule has 1 aliphatic rings. The molecule has 27 heavy (non-hydrogen) atoms. The molecule has 1 aromatic rings. The lowest BCUT2D eigenvalue weighted by Crippen LogP contribution is -2.42. The molecule has 1 aliphatic heterocycles. The van der Waals surface area contributed by atoms with E-state index >= 15 is 0 Å². The van der Waals surface area contributed by atoms with Crippen LogP contribution in [0.2, 0.25) is 0 Å². The number of ether oxygens (including phenoxy) is 1. The third-order valence-corrected chi connectivity index (χ3v) is 4.77. The zero-order chi connectivity index (χ0) is 19.8. The van der Waals surface area contributed by atoms with E-state index < -0.39 is 5.97 Å². The van der Waals surface area contributed by atoms with E-state index in [0.717, 1.165) is 24.3 Å². The summed E-state index contributed by atoms with van der Waals surface area (Å²) >= 11 is 1.09. The Balaban J connectivity index is 1.83. The number of hydrogen-bond acceptors (Lipinski definition) is 7. The fraction of sp³-hybridized carbons (Fsp3) is 0.647. The highest BCUT2D eigenvalue weighted by Gasteiger charge is 2.22. The summed E-state index contributed by atoms with van der Waals surface area (Å²) in [7, 11) is 0. The molecule has 1 aromatic heterocycles. The van der Waals surface area contributed by atoms with E-state index in [2.05, 4.69) is 20.5 Å². The van der Waals surface area contributed by atoms with Gasteiger partial charge in [-0.3, -0.25) is 15.0 Å².